The van der Waals surface area contributed by atoms with Gasteiger partial charge in [0.15, 0.2) is 0 Å². The van der Waals surface area contributed by atoms with Gasteiger partial charge in [0.05, 0.1) is 12.2 Å². The van der Waals surface area contributed by atoms with Crippen molar-refractivity contribution in [2.75, 3.05) is 5.73 Å². The van der Waals surface area contributed by atoms with Crippen LogP contribution in [-0.2, 0) is 6.54 Å². The summed E-state index contributed by atoms with van der Waals surface area (Å²) in [6.45, 7) is 2.32. The third-order valence-corrected chi connectivity index (χ3v) is 3.74. The quantitative estimate of drug-likeness (QED) is 0.905. The van der Waals surface area contributed by atoms with Crippen molar-refractivity contribution in [3.8, 4) is 0 Å². The van der Waals surface area contributed by atoms with Crippen molar-refractivity contribution < 1.29 is 0 Å². The first-order valence-corrected chi connectivity index (χ1v) is 6.46. The number of nitrogens with zero attached hydrogens (tertiary/aromatic N) is 2. The monoisotopic (exact) mass is 333 g/mol. The number of benzene rings is 1. The Morgan fingerprint density at radius 2 is 2.12 bits per heavy atom. The SMILES string of the molecule is Cc1nn(Cc2ccc(Br)cc2Cl)c(N)c1Cl. The topological polar surface area (TPSA) is 43.8 Å². The maximum atomic E-state index is 6.13. The van der Waals surface area contributed by atoms with Gasteiger partial charge in [-0.3, -0.25) is 0 Å². The van der Waals surface area contributed by atoms with Crippen molar-refractivity contribution in [3.63, 3.8) is 0 Å². The zero-order valence-electron chi connectivity index (χ0n) is 9.04. The summed E-state index contributed by atoms with van der Waals surface area (Å²) in [5, 5.41) is 5.43. The van der Waals surface area contributed by atoms with Crippen LogP contribution in [0.3, 0.4) is 0 Å². The first-order chi connectivity index (χ1) is 7.99. The molecule has 2 aromatic rings. The van der Waals surface area contributed by atoms with Gasteiger partial charge in [-0.1, -0.05) is 45.2 Å². The Balaban J connectivity index is 2.34. The highest BCUT2D eigenvalue weighted by Gasteiger charge is 2.11. The Morgan fingerprint density at radius 3 is 2.65 bits per heavy atom. The summed E-state index contributed by atoms with van der Waals surface area (Å²) in [6.07, 6.45) is 0. The third kappa shape index (κ3) is 2.59. The Bertz CT molecular complexity index is 566. The van der Waals surface area contributed by atoms with Crippen molar-refractivity contribution in [2.24, 2.45) is 0 Å². The van der Waals surface area contributed by atoms with Gasteiger partial charge in [-0.25, -0.2) is 4.68 Å². The molecule has 0 aliphatic carbocycles. The lowest BCUT2D eigenvalue weighted by atomic mass is 10.2. The summed E-state index contributed by atoms with van der Waals surface area (Å²) in [6, 6.07) is 5.69. The largest absolute Gasteiger partial charge is 0.383 e. The maximum absolute atomic E-state index is 6.13. The summed E-state index contributed by atoms with van der Waals surface area (Å²) >= 11 is 15.5. The summed E-state index contributed by atoms with van der Waals surface area (Å²) in [5.74, 6) is 0.461. The number of hydrogen-bond acceptors (Lipinski definition) is 2. The second-order valence-electron chi connectivity index (χ2n) is 3.68. The van der Waals surface area contributed by atoms with Crippen LogP contribution < -0.4 is 5.73 Å². The number of aromatic nitrogens is 2. The third-order valence-electron chi connectivity index (χ3n) is 2.43. The van der Waals surface area contributed by atoms with E-state index >= 15 is 0 Å². The molecule has 1 aromatic carbocycles. The number of nitrogens with two attached hydrogens (primary N) is 1. The van der Waals surface area contributed by atoms with Crippen molar-refractivity contribution in [1.29, 1.82) is 0 Å². The lowest BCUT2D eigenvalue weighted by Gasteiger charge is -2.06. The summed E-state index contributed by atoms with van der Waals surface area (Å²) in [5.41, 5.74) is 7.51. The lowest BCUT2D eigenvalue weighted by molar-refractivity contribution is 0.689. The van der Waals surface area contributed by atoms with Crippen molar-refractivity contribution in [3.05, 3.63) is 44.0 Å². The second-order valence-corrected chi connectivity index (χ2v) is 5.38. The summed E-state index contributed by atoms with van der Waals surface area (Å²) < 4.78 is 2.58. The van der Waals surface area contributed by atoms with E-state index in [1.54, 1.807) is 4.68 Å². The molecule has 0 amide bonds. The van der Waals surface area contributed by atoms with Crippen LogP contribution in [0.5, 0.6) is 0 Å². The smallest absolute Gasteiger partial charge is 0.141 e. The summed E-state index contributed by atoms with van der Waals surface area (Å²) in [7, 11) is 0. The van der Waals surface area contributed by atoms with Gasteiger partial charge in [0.1, 0.15) is 10.8 Å². The molecule has 1 aromatic heterocycles. The molecule has 0 bridgehead atoms. The molecule has 2 N–H and O–H groups in total. The number of hydrogen-bond donors (Lipinski definition) is 1. The van der Waals surface area contributed by atoms with Crippen LogP contribution in [0.15, 0.2) is 22.7 Å². The summed E-state index contributed by atoms with van der Waals surface area (Å²) in [4.78, 5) is 0. The highest BCUT2D eigenvalue weighted by Crippen LogP contribution is 2.26. The van der Waals surface area contributed by atoms with Gasteiger partial charge in [-0.05, 0) is 24.6 Å². The van der Waals surface area contributed by atoms with Gasteiger partial charge in [-0.2, -0.15) is 5.10 Å². The van der Waals surface area contributed by atoms with Crippen molar-refractivity contribution in [2.45, 2.75) is 13.5 Å². The molecule has 0 fully saturated rings. The first-order valence-electron chi connectivity index (χ1n) is 4.91. The molecule has 2 rings (SSSR count). The van der Waals surface area contributed by atoms with E-state index in [-0.39, 0.29) is 0 Å². The minimum absolute atomic E-state index is 0.461. The van der Waals surface area contributed by atoms with Gasteiger partial charge < -0.3 is 5.73 Å². The van der Waals surface area contributed by atoms with Gasteiger partial charge >= 0.3 is 0 Å². The van der Waals surface area contributed by atoms with E-state index in [2.05, 4.69) is 21.0 Å². The Labute approximate surface area is 118 Å². The standard InChI is InChI=1S/C11H10BrCl2N3/c1-6-10(14)11(15)17(16-6)5-7-2-3-8(12)4-9(7)13/h2-4H,5,15H2,1H3. The van der Waals surface area contributed by atoms with E-state index in [4.69, 9.17) is 28.9 Å². The fourth-order valence-electron chi connectivity index (χ4n) is 1.51. The van der Waals surface area contributed by atoms with Crippen LogP contribution >= 0.6 is 39.1 Å². The van der Waals surface area contributed by atoms with Crippen LogP contribution in [0.4, 0.5) is 5.82 Å². The van der Waals surface area contributed by atoms with Crippen molar-refractivity contribution >= 4 is 44.9 Å². The highest BCUT2D eigenvalue weighted by molar-refractivity contribution is 9.10. The van der Waals surface area contributed by atoms with Crippen molar-refractivity contribution in [1.82, 2.24) is 9.78 Å². The van der Waals surface area contributed by atoms with E-state index in [0.29, 0.717) is 22.4 Å². The molecule has 6 heteroatoms. The number of nitrogen functional groups attached to an aromatic ring is 1. The molecule has 0 saturated carbocycles. The fraction of sp³-hybridized carbons (Fsp3) is 0.182. The second kappa shape index (κ2) is 4.88. The number of aryl methyl sites for hydroxylation is 1. The molecule has 3 nitrogen and oxygen atoms in total. The van der Waals surface area contributed by atoms with Crippen LogP contribution in [0, 0.1) is 6.92 Å². The maximum Gasteiger partial charge on any atom is 0.141 e. The molecular formula is C11H10BrCl2N3. The average molecular weight is 335 g/mol. The molecule has 90 valence electrons. The zero-order valence-corrected chi connectivity index (χ0v) is 12.1. The molecule has 0 atom stereocenters. The zero-order chi connectivity index (χ0) is 12.6. The molecule has 0 unspecified atom stereocenters. The number of halogens is 3. The average Bonchev–Trinajstić information content (AvgIpc) is 2.50. The van der Waals surface area contributed by atoms with E-state index in [0.717, 1.165) is 15.7 Å². The number of rotatable bonds is 2. The molecule has 0 radical (unpaired) electrons. The van der Waals surface area contributed by atoms with Gasteiger partial charge in [0.25, 0.3) is 0 Å². The molecule has 0 spiro atoms. The van der Waals surface area contributed by atoms with Crippen LogP contribution in [0.1, 0.15) is 11.3 Å². The molecular weight excluding hydrogens is 325 g/mol. The van der Waals surface area contributed by atoms with Gasteiger partial charge in [-0.15, -0.1) is 0 Å². The predicted molar refractivity (Wildman–Crippen MR) is 74.6 cm³/mol. The normalized spacial score (nSPS) is 10.8. The fourth-order valence-corrected chi connectivity index (χ4v) is 2.38. The van der Waals surface area contributed by atoms with Gasteiger partial charge in [0.2, 0.25) is 0 Å². The van der Waals surface area contributed by atoms with Gasteiger partial charge in [0, 0.05) is 9.50 Å². The van der Waals surface area contributed by atoms with E-state index in [1.807, 2.05) is 25.1 Å². The lowest BCUT2D eigenvalue weighted by Crippen LogP contribution is -2.06. The Hall–Kier alpha value is -0.710. The van der Waals surface area contributed by atoms with E-state index in [9.17, 15) is 0 Å². The van der Waals surface area contributed by atoms with Crippen LogP contribution in [0.2, 0.25) is 10.0 Å². The Morgan fingerprint density at radius 1 is 1.41 bits per heavy atom. The molecule has 0 aliphatic heterocycles. The molecule has 17 heavy (non-hydrogen) atoms. The van der Waals surface area contributed by atoms with E-state index in [1.165, 1.54) is 0 Å². The Kier molecular flexibility index (Phi) is 3.66. The number of anilines is 1. The predicted octanol–water partition coefficient (Wildman–Crippen LogP) is 3.89. The van der Waals surface area contributed by atoms with Crippen LogP contribution in [0.25, 0.3) is 0 Å². The van der Waals surface area contributed by atoms with Crippen LogP contribution in [-0.4, -0.2) is 9.78 Å². The molecule has 0 saturated heterocycles. The van der Waals surface area contributed by atoms with E-state index < -0.39 is 0 Å². The highest BCUT2D eigenvalue weighted by atomic mass is 79.9. The molecule has 1 heterocycles. The molecule has 0 aliphatic rings. The first kappa shape index (κ1) is 12.7. The minimum atomic E-state index is 0.461. The minimum Gasteiger partial charge on any atom is -0.383 e.